The van der Waals surface area contributed by atoms with Gasteiger partial charge in [0.15, 0.2) is 0 Å². The van der Waals surface area contributed by atoms with Crippen LogP contribution in [-0.4, -0.2) is 47.4 Å². The molecule has 0 aliphatic heterocycles. The average molecular weight is 552 g/mol. The van der Waals surface area contributed by atoms with Crippen molar-refractivity contribution >= 4 is 17.6 Å². The number of carboxylic acids is 1. The Morgan fingerprint density at radius 3 is 2.20 bits per heavy atom. The van der Waals surface area contributed by atoms with Crippen LogP contribution in [0.5, 0.6) is 5.88 Å². The lowest BCUT2D eigenvalue weighted by Gasteiger charge is -2.22. The van der Waals surface area contributed by atoms with Crippen molar-refractivity contribution in [3.05, 3.63) is 90.0 Å². The standard InChI is InChI=1S/C29H28F3N5O3/c1-37(2)22-5-3-4-21(15-22)18-10-12-20(13-11-18)26(29(30,31)32)40-25-16-24(35-28(34)36-25)19-8-6-17(7-9-19)14-23(33)27(38)39/h3-13,15-16,23,26H,14,33H2,1-2H3,(H,38,39)(H2,34,35,36). The molecule has 4 aromatic rings. The zero-order valence-electron chi connectivity index (χ0n) is 21.8. The molecular weight excluding hydrogens is 523 g/mol. The van der Waals surface area contributed by atoms with Crippen LogP contribution >= 0.6 is 0 Å². The number of carboxylic acid groups (broad SMARTS) is 1. The quantitative estimate of drug-likeness (QED) is 0.262. The summed E-state index contributed by atoms with van der Waals surface area (Å²) in [5.74, 6) is -1.73. The van der Waals surface area contributed by atoms with E-state index in [9.17, 15) is 18.0 Å². The first kappa shape index (κ1) is 28.4. The van der Waals surface area contributed by atoms with E-state index < -0.39 is 24.3 Å². The van der Waals surface area contributed by atoms with E-state index in [-0.39, 0.29) is 29.5 Å². The van der Waals surface area contributed by atoms with Gasteiger partial charge in [-0.3, -0.25) is 4.79 Å². The second-order valence-corrected chi connectivity index (χ2v) is 9.40. The fourth-order valence-corrected chi connectivity index (χ4v) is 4.06. The lowest BCUT2D eigenvalue weighted by Crippen LogP contribution is -2.32. The molecule has 11 heteroatoms. The fraction of sp³-hybridized carbons (Fsp3) is 0.207. The number of carbonyl (C=O) groups is 1. The Hall–Kier alpha value is -4.64. The lowest BCUT2D eigenvalue weighted by molar-refractivity contribution is -0.198. The predicted octanol–water partition coefficient (Wildman–Crippen LogP) is 5.10. The molecular formula is C29H28F3N5O3. The number of aliphatic carboxylic acids is 1. The highest BCUT2D eigenvalue weighted by Crippen LogP contribution is 2.38. The van der Waals surface area contributed by atoms with E-state index in [1.807, 2.05) is 43.3 Å². The summed E-state index contributed by atoms with van der Waals surface area (Å²) in [6, 6.07) is 20.5. The molecule has 0 aliphatic carbocycles. The molecule has 0 radical (unpaired) electrons. The van der Waals surface area contributed by atoms with E-state index in [0.29, 0.717) is 11.1 Å². The van der Waals surface area contributed by atoms with Gasteiger partial charge in [-0.25, -0.2) is 4.98 Å². The predicted molar refractivity (Wildman–Crippen MR) is 147 cm³/mol. The number of alkyl halides is 3. The summed E-state index contributed by atoms with van der Waals surface area (Å²) in [5, 5.41) is 8.99. The molecule has 0 fully saturated rings. The Balaban J connectivity index is 1.58. The van der Waals surface area contributed by atoms with Crippen LogP contribution in [-0.2, 0) is 11.2 Å². The molecule has 8 nitrogen and oxygen atoms in total. The van der Waals surface area contributed by atoms with E-state index in [1.54, 1.807) is 36.4 Å². The summed E-state index contributed by atoms with van der Waals surface area (Å²) >= 11 is 0. The van der Waals surface area contributed by atoms with Crippen molar-refractivity contribution < 1.29 is 27.8 Å². The molecule has 40 heavy (non-hydrogen) atoms. The molecule has 0 saturated carbocycles. The van der Waals surface area contributed by atoms with Gasteiger partial charge in [-0.1, -0.05) is 60.7 Å². The van der Waals surface area contributed by atoms with Crippen LogP contribution in [0.1, 0.15) is 17.2 Å². The summed E-state index contributed by atoms with van der Waals surface area (Å²) < 4.78 is 47.7. The van der Waals surface area contributed by atoms with Crippen molar-refractivity contribution in [3.8, 4) is 28.3 Å². The molecule has 4 rings (SSSR count). The zero-order valence-corrected chi connectivity index (χ0v) is 21.8. The Bertz CT molecular complexity index is 1480. The number of benzene rings is 3. The van der Waals surface area contributed by atoms with Crippen molar-refractivity contribution in [2.75, 3.05) is 24.7 Å². The van der Waals surface area contributed by atoms with Crippen LogP contribution in [0.2, 0.25) is 0 Å². The highest BCUT2D eigenvalue weighted by molar-refractivity contribution is 5.73. The number of halogens is 3. The highest BCUT2D eigenvalue weighted by Gasteiger charge is 2.43. The van der Waals surface area contributed by atoms with Crippen LogP contribution in [0, 0.1) is 0 Å². The van der Waals surface area contributed by atoms with Gasteiger partial charge in [-0.2, -0.15) is 18.2 Å². The summed E-state index contributed by atoms with van der Waals surface area (Å²) in [6.07, 6.45) is -6.92. The summed E-state index contributed by atoms with van der Waals surface area (Å²) in [5.41, 5.74) is 15.3. The molecule has 2 atom stereocenters. The van der Waals surface area contributed by atoms with Crippen LogP contribution in [0.15, 0.2) is 78.9 Å². The maximum absolute atomic E-state index is 14.1. The number of rotatable bonds is 9. The number of anilines is 2. The third-order valence-corrected chi connectivity index (χ3v) is 6.19. The van der Waals surface area contributed by atoms with Gasteiger partial charge < -0.3 is 26.2 Å². The maximum atomic E-state index is 14.1. The molecule has 0 saturated heterocycles. The number of hydrogen-bond donors (Lipinski definition) is 3. The molecule has 208 valence electrons. The van der Waals surface area contributed by atoms with E-state index in [4.69, 9.17) is 21.3 Å². The van der Waals surface area contributed by atoms with Gasteiger partial charge in [-0.05, 0) is 35.2 Å². The zero-order chi connectivity index (χ0) is 29.0. The van der Waals surface area contributed by atoms with Crippen molar-refractivity contribution in [1.82, 2.24) is 9.97 Å². The smallest absolute Gasteiger partial charge is 0.429 e. The SMILES string of the molecule is CN(C)c1cccc(-c2ccc(C(Oc3cc(-c4ccc(CC(N)C(=O)O)cc4)nc(N)n3)C(F)(F)F)cc2)c1. The number of nitrogens with zero attached hydrogens (tertiary/aromatic N) is 3. The molecule has 0 amide bonds. The molecule has 3 aromatic carbocycles. The average Bonchev–Trinajstić information content (AvgIpc) is 2.91. The van der Waals surface area contributed by atoms with Gasteiger partial charge in [0, 0.05) is 37.0 Å². The normalized spacial score (nSPS) is 12.9. The molecule has 0 spiro atoms. The number of aromatic nitrogens is 2. The van der Waals surface area contributed by atoms with Gasteiger partial charge in [0.2, 0.25) is 17.9 Å². The summed E-state index contributed by atoms with van der Waals surface area (Å²) in [4.78, 5) is 20.9. The van der Waals surface area contributed by atoms with Gasteiger partial charge in [0.25, 0.3) is 0 Å². The Kier molecular flexibility index (Phi) is 8.24. The van der Waals surface area contributed by atoms with Crippen LogP contribution in [0.3, 0.4) is 0 Å². The van der Waals surface area contributed by atoms with Crippen LogP contribution in [0.25, 0.3) is 22.4 Å². The minimum absolute atomic E-state index is 0.0992. The number of ether oxygens (including phenoxy) is 1. The first-order valence-corrected chi connectivity index (χ1v) is 12.2. The van der Waals surface area contributed by atoms with Crippen molar-refractivity contribution in [2.24, 2.45) is 5.73 Å². The van der Waals surface area contributed by atoms with Gasteiger partial charge in [0.05, 0.1) is 5.69 Å². The number of hydrogen-bond acceptors (Lipinski definition) is 7. The Morgan fingerprint density at radius 1 is 0.950 bits per heavy atom. The van der Waals surface area contributed by atoms with E-state index >= 15 is 0 Å². The monoisotopic (exact) mass is 551 g/mol. The van der Waals surface area contributed by atoms with Gasteiger partial charge >= 0.3 is 12.1 Å². The van der Waals surface area contributed by atoms with Gasteiger partial charge in [0.1, 0.15) is 6.04 Å². The number of nitrogen functional groups attached to an aromatic ring is 1. The summed E-state index contributed by atoms with van der Waals surface area (Å²) in [6.45, 7) is 0. The first-order valence-electron chi connectivity index (χ1n) is 12.2. The highest BCUT2D eigenvalue weighted by atomic mass is 19.4. The summed E-state index contributed by atoms with van der Waals surface area (Å²) in [7, 11) is 3.82. The topological polar surface area (TPSA) is 128 Å². The maximum Gasteiger partial charge on any atom is 0.429 e. The molecule has 0 bridgehead atoms. The van der Waals surface area contributed by atoms with Crippen LogP contribution in [0.4, 0.5) is 24.8 Å². The molecule has 2 unspecified atom stereocenters. The Labute approximate surface area is 229 Å². The van der Waals surface area contributed by atoms with Gasteiger partial charge in [-0.15, -0.1) is 0 Å². The molecule has 0 aliphatic rings. The minimum Gasteiger partial charge on any atom is -0.480 e. The Morgan fingerprint density at radius 2 is 1.60 bits per heavy atom. The van der Waals surface area contributed by atoms with Crippen molar-refractivity contribution in [2.45, 2.75) is 24.7 Å². The molecule has 1 aromatic heterocycles. The lowest BCUT2D eigenvalue weighted by atomic mass is 10.0. The fourth-order valence-electron chi connectivity index (χ4n) is 4.06. The minimum atomic E-state index is -4.74. The molecule has 1 heterocycles. The second-order valence-electron chi connectivity index (χ2n) is 9.40. The third kappa shape index (κ3) is 6.86. The van der Waals surface area contributed by atoms with Crippen molar-refractivity contribution in [3.63, 3.8) is 0 Å². The number of nitrogens with two attached hydrogens (primary N) is 2. The first-order chi connectivity index (χ1) is 18.9. The largest absolute Gasteiger partial charge is 0.480 e. The van der Waals surface area contributed by atoms with Crippen molar-refractivity contribution in [1.29, 1.82) is 0 Å². The van der Waals surface area contributed by atoms with E-state index in [1.165, 1.54) is 18.2 Å². The van der Waals surface area contributed by atoms with Crippen LogP contribution < -0.4 is 21.1 Å². The third-order valence-electron chi connectivity index (χ3n) is 6.19. The second kappa shape index (κ2) is 11.6. The molecule has 5 N–H and O–H groups in total. The van der Waals surface area contributed by atoms with E-state index in [0.717, 1.165) is 16.8 Å². The van der Waals surface area contributed by atoms with E-state index in [2.05, 4.69) is 9.97 Å².